The van der Waals surface area contributed by atoms with E-state index in [2.05, 4.69) is 20.6 Å². The summed E-state index contributed by atoms with van der Waals surface area (Å²) < 4.78 is 11.3. The zero-order valence-electron chi connectivity index (χ0n) is 32.0. The molecule has 2 fully saturated rings. The summed E-state index contributed by atoms with van der Waals surface area (Å²) in [6.45, 7) is 0.403. The molecule has 3 unspecified atom stereocenters. The van der Waals surface area contributed by atoms with E-state index in [1.807, 2.05) is 17.5 Å². The number of aromatic nitrogens is 2. The van der Waals surface area contributed by atoms with Gasteiger partial charge in [0.1, 0.15) is 35.3 Å². The molecule has 314 valence electrons. The van der Waals surface area contributed by atoms with Gasteiger partial charge >= 0.3 is 18.2 Å². The van der Waals surface area contributed by atoms with Crippen LogP contribution in [0.4, 0.5) is 9.59 Å². The lowest BCUT2D eigenvalue weighted by Crippen LogP contribution is -2.70. The summed E-state index contributed by atoms with van der Waals surface area (Å²) in [6.07, 6.45) is 0.953. The number of ether oxygens (including phenoxy) is 2. The van der Waals surface area contributed by atoms with Crippen molar-refractivity contribution < 1.29 is 38.6 Å². The average Bonchev–Trinajstić information content (AvgIpc) is 3.77. The minimum absolute atomic E-state index is 0.0844. The Balaban J connectivity index is 0.861. The molecule has 4 amide bonds. The number of likely N-dealkylation sites (tertiary alicyclic amines) is 1. The number of hydrogen-bond acceptors (Lipinski definition) is 11. The Morgan fingerprint density at radius 3 is 2.54 bits per heavy atom. The highest BCUT2D eigenvalue weighted by Gasteiger charge is 2.54. The summed E-state index contributed by atoms with van der Waals surface area (Å²) in [5, 5.41) is 18.0. The molecule has 15 nitrogen and oxygen atoms in total. The van der Waals surface area contributed by atoms with Crippen molar-refractivity contribution in [1.82, 2.24) is 30.4 Å². The molecule has 2 saturated heterocycles. The number of hydrogen-bond donors (Lipinski definition) is 4. The summed E-state index contributed by atoms with van der Waals surface area (Å²) in [6, 6.07) is 18.7. The van der Waals surface area contributed by atoms with Crippen LogP contribution in [0.3, 0.4) is 0 Å². The topological polar surface area (TPSA) is 200 Å². The number of carbonyl (C=O) groups is 5. The number of thioether (sulfide) groups is 1. The Morgan fingerprint density at radius 1 is 0.984 bits per heavy atom. The number of rotatable bonds is 11. The van der Waals surface area contributed by atoms with Crippen molar-refractivity contribution in [2.24, 2.45) is 0 Å². The van der Waals surface area contributed by atoms with Crippen LogP contribution in [0.15, 0.2) is 88.7 Å². The van der Waals surface area contributed by atoms with Crippen molar-refractivity contribution in [3.8, 4) is 17.1 Å². The van der Waals surface area contributed by atoms with E-state index >= 15 is 0 Å². The molecular formula is C42H36Cl2N6O9S2. The predicted molar refractivity (Wildman–Crippen MR) is 230 cm³/mol. The van der Waals surface area contributed by atoms with Gasteiger partial charge in [-0.1, -0.05) is 53.5 Å². The first-order valence-corrected chi connectivity index (χ1v) is 21.8. The van der Waals surface area contributed by atoms with Gasteiger partial charge in [-0.2, -0.15) is 0 Å². The number of carboxylic acids is 1. The monoisotopic (exact) mass is 902 g/mol. The maximum Gasteiger partial charge on any atom is 0.415 e. The summed E-state index contributed by atoms with van der Waals surface area (Å²) in [7, 11) is 0. The zero-order valence-corrected chi connectivity index (χ0v) is 35.2. The number of carbonyl (C=O) groups excluding carboxylic acids is 4. The highest BCUT2D eigenvalue weighted by molar-refractivity contribution is 8.00. The second-order valence-electron chi connectivity index (χ2n) is 14.4. The average molecular weight is 904 g/mol. The van der Waals surface area contributed by atoms with Crippen molar-refractivity contribution in [3.63, 3.8) is 0 Å². The van der Waals surface area contributed by atoms with Crippen LogP contribution in [0.2, 0.25) is 10.0 Å². The van der Waals surface area contributed by atoms with Crippen LogP contribution in [0, 0.1) is 0 Å². The number of carboxylic acid groups (broad SMARTS) is 1. The lowest BCUT2D eigenvalue weighted by molar-refractivity contribution is -0.150. The van der Waals surface area contributed by atoms with E-state index in [1.54, 1.807) is 53.4 Å². The lowest BCUT2D eigenvalue weighted by Gasteiger charge is -2.49. The number of amides is 4. The number of benzene rings is 3. The summed E-state index contributed by atoms with van der Waals surface area (Å²) in [4.78, 5) is 88.4. The van der Waals surface area contributed by atoms with E-state index in [-0.39, 0.29) is 42.8 Å². The van der Waals surface area contributed by atoms with Crippen LogP contribution in [0.5, 0.6) is 5.75 Å². The predicted octanol–water partition coefficient (Wildman–Crippen LogP) is 6.68. The van der Waals surface area contributed by atoms with Crippen molar-refractivity contribution in [2.45, 2.75) is 49.7 Å². The van der Waals surface area contributed by atoms with Gasteiger partial charge < -0.3 is 35.1 Å². The van der Waals surface area contributed by atoms with Gasteiger partial charge in [-0.3, -0.25) is 19.3 Å². The number of β-lactam (4-membered cyclic amide) rings is 1. The molecule has 3 aliphatic heterocycles. The fourth-order valence-electron chi connectivity index (χ4n) is 7.46. The van der Waals surface area contributed by atoms with Crippen LogP contribution >= 0.6 is 46.3 Å². The van der Waals surface area contributed by atoms with Gasteiger partial charge in [-0.25, -0.2) is 19.4 Å². The number of alkyl carbamates (subject to hydrolysis) is 1. The Morgan fingerprint density at radius 2 is 1.77 bits per heavy atom. The van der Waals surface area contributed by atoms with E-state index in [4.69, 9.17) is 32.7 Å². The van der Waals surface area contributed by atoms with Gasteiger partial charge in [0.15, 0.2) is 0 Å². The van der Waals surface area contributed by atoms with Crippen molar-refractivity contribution >= 4 is 92.7 Å². The van der Waals surface area contributed by atoms with E-state index in [0.29, 0.717) is 61.9 Å². The van der Waals surface area contributed by atoms with E-state index in [0.717, 1.165) is 17.7 Å². The van der Waals surface area contributed by atoms with E-state index < -0.39 is 47.1 Å². The van der Waals surface area contributed by atoms with Gasteiger partial charge in [0, 0.05) is 39.3 Å². The number of nitrogens with one attached hydrogen (secondary N) is 3. The zero-order chi connectivity index (χ0) is 42.8. The minimum Gasteiger partial charge on any atom is -0.477 e. The summed E-state index contributed by atoms with van der Waals surface area (Å²) in [5.41, 5.74) is 1.84. The van der Waals surface area contributed by atoms with Crippen molar-refractivity contribution in [2.75, 3.05) is 18.8 Å². The van der Waals surface area contributed by atoms with E-state index in [9.17, 15) is 33.9 Å². The molecule has 4 N–H and O–H groups in total. The van der Waals surface area contributed by atoms with Crippen LogP contribution in [0.25, 0.3) is 27.9 Å². The summed E-state index contributed by atoms with van der Waals surface area (Å²) >= 11 is 15.2. The molecule has 61 heavy (non-hydrogen) atoms. The molecular weight excluding hydrogens is 868 g/mol. The molecule has 8 rings (SSSR count). The van der Waals surface area contributed by atoms with Crippen molar-refractivity contribution in [3.05, 3.63) is 120 Å². The van der Waals surface area contributed by atoms with Crippen LogP contribution in [-0.2, 0) is 32.1 Å². The fourth-order valence-corrected chi connectivity index (χ4v) is 9.88. The first kappa shape index (κ1) is 41.8. The van der Waals surface area contributed by atoms with Gasteiger partial charge in [0.2, 0.25) is 5.91 Å². The summed E-state index contributed by atoms with van der Waals surface area (Å²) in [5.74, 6) is -1.45. The van der Waals surface area contributed by atoms with Crippen LogP contribution in [-0.4, -0.2) is 91.1 Å². The maximum atomic E-state index is 13.6. The molecule has 3 aliphatic rings. The second kappa shape index (κ2) is 18.0. The molecule has 19 heteroatoms. The molecule has 3 aromatic carbocycles. The molecule has 0 saturated carbocycles. The SMILES string of the molecule is O=C(Cc1cccs1)NC1C(=O)N2C(C(=O)O)=C(c3ccc(COC(=O)NCC4CCCCN4C(=O)Oc4ccc(Cl)cc4-c4nc5ccc(Cl)cc5c(=O)[nH]4)cc3)CSC12. The molecule has 0 radical (unpaired) electrons. The number of halogens is 2. The molecule has 5 heterocycles. The van der Waals surface area contributed by atoms with Crippen LogP contribution in [0.1, 0.15) is 35.3 Å². The number of nitrogens with zero attached hydrogens (tertiary/aromatic N) is 3. The number of piperidine rings is 1. The van der Waals surface area contributed by atoms with Crippen molar-refractivity contribution in [1.29, 1.82) is 0 Å². The fraction of sp³-hybridized carbons (Fsp3) is 0.262. The first-order chi connectivity index (χ1) is 29.4. The molecule has 3 atom stereocenters. The molecule has 0 aliphatic carbocycles. The third-order valence-electron chi connectivity index (χ3n) is 10.5. The van der Waals surface area contributed by atoms with Gasteiger partial charge in [-0.15, -0.1) is 23.1 Å². The van der Waals surface area contributed by atoms with E-state index in [1.165, 1.54) is 40.1 Å². The highest BCUT2D eigenvalue weighted by atomic mass is 35.5. The Bertz CT molecular complexity index is 2640. The number of H-pyrrole nitrogens is 1. The third-order valence-corrected chi connectivity index (χ3v) is 13.1. The lowest BCUT2D eigenvalue weighted by atomic mass is 9.98. The largest absolute Gasteiger partial charge is 0.477 e. The minimum atomic E-state index is -1.25. The molecule has 0 bridgehead atoms. The highest BCUT2D eigenvalue weighted by Crippen LogP contribution is 2.43. The molecule has 5 aromatic rings. The normalized spacial score (nSPS) is 18.6. The third kappa shape index (κ3) is 9.10. The number of aromatic amines is 1. The first-order valence-electron chi connectivity index (χ1n) is 19.1. The molecule has 2 aromatic heterocycles. The Kier molecular flexibility index (Phi) is 12.3. The standard InChI is InChI=1S/C42H36Cl2N6O9S2/c43-24-10-12-31-28(16-24)37(52)48-36(46-31)29-17-25(44)11-13-32(29)59-42(57)49-14-2-1-4-26(49)19-45-41(56)58-20-22-6-8-23(9-7-22)30-21-61-39-34(38(53)50(39)35(30)40(54)55)47-33(51)18-27-5-3-15-60-27/h3,5-13,15-17,26,34,39H,1-2,4,14,18-21H2,(H,45,56)(H,47,51)(H,54,55)(H,46,48,52). The number of aliphatic carboxylic acids is 1. The van der Waals surface area contributed by atoms with Gasteiger partial charge in [0.05, 0.1) is 28.9 Å². The van der Waals surface area contributed by atoms with Gasteiger partial charge in [0.25, 0.3) is 11.5 Å². The Labute approximate surface area is 366 Å². The Hall–Kier alpha value is -5.88. The molecule has 0 spiro atoms. The second-order valence-corrected chi connectivity index (χ2v) is 17.4. The number of thiophene rings is 1. The van der Waals surface area contributed by atoms with Gasteiger partial charge in [-0.05, 0) is 78.2 Å². The van der Waals surface area contributed by atoms with Crippen LogP contribution < -0.4 is 20.9 Å². The quantitative estimate of drug-likeness (QED) is 0.103. The maximum absolute atomic E-state index is 13.6. The number of fused-ring (bicyclic) bond motifs is 2. The smallest absolute Gasteiger partial charge is 0.415 e.